The van der Waals surface area contributed by atoms with Crippen LogP contribution >= 0.6 is 0 Å². The second kappa shape index (κ2) is 7.30. The van der Waals surface area contributed by atoms with E-state index in [4.69, 9.17) is 4.74 Å². The fraction of sp³-hybridized carbons (Fsp3) is 0.632. The number of fused-ring (bicyclic) bond motifs is 1. The van der Waals surface area contributed by atoms with Gasteiger partial charge in [0.2, 0.25) is 0 Å². The highest BCUT2D eigenvalue weighted by Gasteiger charge is 2.34. The fourth-order valence-electron chi connectivity index (χ4n) is 4.35. The minimum Gasteiger partial charge on any atom is -0.373 e. The zero-order valence-corrected chi connectivity index (χ0v) is 14.5. The van der Waals surface area contributed by atoms with Crippen LogP contribution in [0.25, 0.3) is 0 Å². The number of halogens is 1. The fourth-order valence-corrected chi connectivity index (χ4v) is 4.35. The summed E-state index contributed by atoms with van der Waals surface area (Å²) in [6, 6.07) is 7.06. The van der Waals surface area contributed by atoms with Gasteiger partial charge in [0.25, 0.3) is 0 Å². The Morgan fingerprint density at radius 2 is 2.00 bits per heavy atom. The summed E-state index contributed by atoms with van der Waals surface area (Å²) in [6.07, 6.45) is 4.45. The van der Waals surface area contributed by atoms with Crippen molar-refractivity contribution in [3.63, 3.8) is 0 Å². The molecule has 25 heavy (non-hydrogen) atoms. The van der Waals surface area contributed by atoms with Gasteiger partial charge in [-0.2, -0.15) is 0 Å². The first-order chi connectivity index (χ1) is 12.2. The van der Waals surface area contributed by atoms with E-state index in [2.05, 4.69) is 10.2 Å². The molecule has 3 aliphatic heterocycles. The number of hydrogen-bond donors (Lipinski definition) is 1. The number of nitrogens with one attached hydrogen (secondary N) is 1. The van der Waals surface area contributed by atoms with E-state index >= 15 is 0 Å². The molecule has 136 valence electrons. The molecule has 3 saturated heterocycles. The third-order valence-electron chi connectivity index (χ3n) is 5.71. The van der Waals surface area contributed by atoms with Gasteiger partial charge in [-0.25, -0.2) is 9.18 Å². The molecule has 6 heteroatoms. The molecule has 3 heterocycles. The van der Waals surface area contributed by atoms with Crippen molar-refractivity contribution >= 4 is 6.03 Å². The Hall–Kier alpha value is -1.66. The van der Waals surface area contributed by atoms with Gasteiger partial charge in [0.1, 0.15) is 5.82 Å². The standard InChI is InChI=1S/C19H26FN3O2/c20-15-7-5-14(6-8-15)18-4-2-10-23(18)19(24)21-11-17-12-22-9-1-3-16(22)13-25-17/h5-8,16-18H,1-4,9-13H2,(H,21,24)/t16-,17+,18+/m0/s1. The molecular weight excluding hydrogens is 321 g/mol. The maximum atomic E-state index is 13.1. The molecule has 0 radical (unpaired) electrons. The molecule has 0 bridgehead atoms. The lowest BCUT2D eigenvalue weighted by molar-refractivity contribution is -0.0461. The zero-order chi connectivity index (χ0) is 17.2. The number of likely N-dealkylation sites (tertiary alicyclic amines) is 1. The first-order valence-corrected chi connectivity index (χ1v) is 9.36. The van der Waals surface area contributed by atoms with Crippen LogP contribution in [0.15, 0.2) is 24.3 Å². The van der Waals surface area contributed by atoms with E-state index in [9.17, 15) is 9.18 Å². The summed E-state index contributed by atoms with van der Waals surface area (Å²) in [5.74, 6) is -0.243. The third kappa shape index (κ3) is 3.65. The Morgan fingerprint density at radius 3 is 2.84 bits per heavy atom. The predicted octanol–water partition coefficient (Wildman–Crippen LogP) is 2.54. The molecule has 3 fully saturated rings. The van der Waals surface area contributed by atoms with Crippen LogP contribution in [0, 0.1) is 5.82 Å². The molecule has 0 unspecified atom stereocenters. The Kier molecular flexibility index (Phi) is 4.90. The van der Waals surface area contributed by atoms with Crippen molar-refractivity contribution in [2.24, 2.45) is 0 Å². The second-order valence-electron chi connectivity index (χ2n) is 7.34. The lowest BCUT2D eigenvalue weighted by atomic mass is 10.0. The first kappa shape index (κ1) is 16.8. The van der Waals surface area contributed by atoms with E-state index in [-0.39, 0.29) is 24.0 Å². The minimum absolute atomic E-state index is 0.0378. The van der Waals surface area contributed by atoms with Crippen LogP contribution in [0.4, 0.5) is 9.18 Å². The van der Waals surface area contributed by atoms with Crippen LogP contribution in [0.3, 0.4) is 0 Å². The smallest absolute Gasteiger partial charge is 0.318 e. The molecule has 5 nitrogen and oxygen atoms in total. The third-order valence-corrected chi connectivity index (χ3v) is 5.71. The summed E-state index contributed by atoms with van der Waals surface area (Å²) in [5, 5.41) is 3.05. The van der Waals surface area contributed by atoms with Crippen molar-refractivity contribution in [3.8, 4) is 0 Å². The van der Waals surface area contributed by atoms with Gasteiger partial charge in [0.15, 0.2) is 0 Å². The Bertz CT molecular complexity index is 609. The Labute approximate surface area is 148 Å². The molecule has 1 aromatic rings. The second-order valence-corrected chi connectivity index (χ2v) is 7.34. The summed E-state index contributed by atoms with van der Waals surface area (Å²) in [7, 11) is 0. The molecule has 1 N–H and O–H groups in total. The SMILES string of the molecule is O=C(NC[C@@H]1CN2CCC[C@H]2CO1)N1CCC[C@@H]1c1ccc(F)cc1. The average molecular weight is 347 g/mol. The lowest BCUT2D eigenvalue weighted by Crippen LogP contribution is -2.51. The number of amides is 2. The van der Waals surface area contributed by atoms with Gasteiger partial charge in [0, 0.05) is 25.7 Å². The molecular formula is C19H26FN3O2. The summed E-state index contributed by atoms with van der Waals surface area (Å²) in [5.41, 5.74) is 1.00. The molecule has 4 rings (SSSR count). The van der Waals surface area contributed by atoms with E-state index < -0.39 is 0 Å². The number of benzene rings is 1. The number of rotatable bonds is 3. The van der Waals surface area contributed by atoms with Gasteiger partial charge >= 0.3 is 6.03 Å². The van der Waals surface area contributed by atoms with Crippen LogP contribution < -0.4 is 5.32 Å². The summed E-state index contributed by atoms with van der Waals surface area (Å²) < 4.78 is 19.1. The molecule has 0 saturated carbocycles. The molecule has 1 aromatic carbocycles. The first-order valence-electron chi connectivity index (χ1n) is 9.36. The molecule has 0 aromatic heterocycles. The molecule has 3 aliphatic rings. The van der Waals surface area contributed by atoms with Crippen molar-refractivity contribution in [3.05, 3.63) is 35.6 Å². The van der Waals surface area contributed by atoms with E-state index in [1.165, 1.54) is 25.0 Å². The molecule has 0 spiro atoms. The van der Waals surface area contributed by atoms with Crippen LogP contribution in [-0.2, 0) is 4.74 Å². The number of hydrogen-bond acceptors (Lipinski definition) is 3. The van der Waals surface area contributed by atoms with Crippen molar-refractivity contribution in [1.29, 1.82) is 0 Å². The average Bonchev–Trinajstić information content (AvgIpc) is 3.29. The maximum absolute atomic E-state index is 13.1. The number of carbonyl (C=O) groups excluding carboxylic acids is 1. The van der Waals surface area contributed by atoms with Gasteiger partial charge in [-0.1, -0.05) is 12.1 Å². The summed E-state index contributed by atoms with van der Waals surface area (Å²) >= 11 is 0. The zero-order valence-electron chi connectivity index (χ0n) is 14.5. The maximum Gasteiger partial charge on any atom is 0.318 e. The van der Waals surface area contributed by atoms with Crippen molar-refractivity contribution in [1.82, 2.24) is 15.1 Å². The number of carbonyl (C=O) groups is 1. The number of ether oxygens (including phenoxy) is 1. The van der Waals surface area contributed by atoms with Crippen LogP contribution in [-0.4, -0.2) is 60.8 Å². The molecule has 3 atom stereocenters. The minimum atomic E-state index is -0.243. The highest BCUT2D eigenvalue weighted by molar-refractivity contribution is 5.75. The van der Waals surface area contributed by atoms with Gasteiger partial charge in [-0.15, -0.1) is 0 Å². The van der Waals surface area contributed by atoms with Gasteiger partial charge < -0.3 is 15.0 Å². The molecule has 0 aliphatic carbocycles. The van der Waals surface area contributed by atoms with Crippen molar-refractivity contribution in [2.75, 3.05) is 32.8 Å². The topological polar surface area (TPSA) is 44.8 Å². The van der Waals surface area contributed by atoms with Gasteiger partial charge in [-0.3, -0.25) is 4.90 Å². The summed E-state index contributed by atoms with van der Waals surface area (Å²) in [6.45, 7) is 4.13. The lowest BCUT2D eigenvalue weighted by Gasteiger charge is -2.35. The van der Waals surface area contributed by atoms with Crippen molar-refractivity contribution < 1.29 is 13.9 Å². The summed E-state index contributed by atoms with van der Waals surface area (Å²) in [4.78, 5) is 17.0. The van der Waals surface area contributed by atoms with E-state index in [1.54, 1.807) is 12.1 Å². The quantitative estimate of drug-likeness (QED) is 0.914. The van der Waals surface area contributed by atoms with Gasteiger partial charge in [-0.05, 0) is 49.9 Å². The predicted molar refractivity (Wildman–Crippen MR) is 92.8 cm³/mol. The number of nitrogens with zero attached hydrogens (tertiary/aromatic N) is 2. The Balaban J connectivity index is 1.32. The Morgan fingerprint density at radius 1 is 1.20 bits per heavy atom. The van der Waals surface area contributed by atoms with Crippen LogP contribution in [0.2, 0.25) is 0 Å². The van der Waals surface area contributed by atoms with E-state index in [1.807, 2.05) is 4.90 Å². The highest BCUT2D eigenvalue weighted by Crippen LogP contribution is 2.32. The van der Waals surface area contributed by atoms with E-state index in [0.717, 1.165) is 44.6 Å². The van der Waals surface area contributed by atoms with Crippen LogP contribution in [0.5, 0.6) is 0 Å². The largest absolute Gasteiger partial charge is 0.373 e. The number of morpholine rings is 1. The van der Waals surface area contributed by atoms with Crippen molar-refractivity contribution in [2.45, 2.75) is 43.9 Å². The molecule has 2 amide bonds. The van der Waals surface area contributed by atoms with E-state index in [0.29, 0.717) is 12.6 Å². The monoisotopic (exact) mass is 347 g/mol. The van der Waals surface area contributed by atoms with Gasteiger partial charge in [0.05, 0.1) is 18.8 Å². The highest BCUT2D eigenvalue weighted by atomic mass is 19.1. The van der Waals surface area contributed by atoms with Crippen LogP contribution in [0.1, 0.15) is 37.3 Å². The normalized spacial score (nSPS) is 29.6. The number of urea groups is 1.